The average Bonchev–Trinajstić information content (AvgIpc) is 3.54. The first-order chi connectivity index (χ1) is 19.8. The van der Waals surface area contributed by atoms with Crippen molar-refractivity contribution < 1.29 is 19.5 Å². The second kappa shape index (κ2) is 10.8. The van der Waals surface area contributed by atoms with Gasteiger partial charge in [-0.1, -0.05) is 72.3 Å². The monoisotopic (exact) mass is 589 g/mol. The molecule has 7 nitrogen and oxygen atoms in total. The quantitative estimate of drug-likeness (QED) is 0.343. The first kappa shape index (κ1) is 27.8. The molecule has 3 aromatic carbocycles. The Labute approximate surface area is 248 Å². The molecule has 2 unspecified atom stereocenters. The SMILES string of the molecule is C[C@]12CCC3(S1)C(C(=O)Nc1ccccc1Cl)N([C@@H](CO)Cc1ccccc1)C(=O)[C@@H]3[C@H]2C(=O)Nc1ccccc1. The number of thioether (sulfide) groups is 1. The van der Waals surface area contributed by atoms with Crippen LogP contribution in [0.5, 0.6) is 0 Å². The van der Waals surface area contributed by atoms with Crippen molar-refractivity contribution in [2.75, 3.05) is 17.2 Å². The number of nitrogens with zero attached hydrogens (tertiary/aromatic N) is 1. The summed E-state index contributed by atoms with van der Waals surface area (Å²) in [5.41, 5.74) is 2.06. The summed E-state index contributed by atoms with van der Waals surface area (Å²) >= 11 is 7.99. The number of nitrogens with one attached hydrogen (secondary N) is 2. The Kier molecular flexibility index (Phi) is 7.34. The maximum absolute atomic E-state index is 14.5. The smallest absolute Gasteiger partial charge is 0.248 e. The van der Waals surface area contributed by atoms with Crippen molar-refractivity contribution in [3.05, 3.63) is 95.5 Å². The molecule has 6 rings (SSSR count). The maximum Gasteiger partial charge on any atom is 0.248 e. The van der Waals surface area contributed by atoms with Gasteiger partial charge in [0.25, 0.3) is 0 Å². The molecule has 6 atom stereocenters. The molecule has 212 valence electrons. The second-order valence-electron chi connectivity index (χ2n) is 11.3. The van der Waals surface area contributed by atoms with Crippen LogP contribution in [-0.2, 0) is 20.8 Å². The van der Waals surface area contributed by atoms with E-state index in [2.05, 4.69) is 10.6 Å². The minimum Gasteiger partial charge on any atom is -0.394 e. The van der Waals surface area contributed by atoms with Crippen LogP contribution in [0.1, 0.15) is 25.3 Å². The Morgan fingerprint density at radius 1 is 0.976 bits per heavy atom. The number of para-hydroxylation sites is 2. The number of halogens is 1. The lowest BCUT2D eigenvalue weighted by Crippen LogP contribution is -2.55. The number of aliphatic hydroxyl groups is 1. The van der Waals surface area contributed by atoms with Crippen LogP contribution in [0.25, 0.3) is 0 Å². The van der Waals surface area contributed by atoms with Gasteiger partial charge in [0, 0.05) is 10.4 Å². The molecular weight excluding hydrogens is 558 g/mol. The average molecular weight is 590 g/mol. The summed E-state index contributed by atoms with van der Waals surface area (Å²) in [5, 5.41) is 17.0. The van der Waals surface area contributed by atoms with E-state index < -0.39 is 33.4 Å². The number of carbonyl (C=O) groups is 3. The van der Waals surface area contributed by atoms with Crippen LogP contribution in [0.15, 0.2) is 84.9 Å². The zero-order valence-electron chi connectivity index (χ0n) is 22.6. The van der Waals surface area contributed by atoms with Gasteiger partial charge in [0.05, 0.1) is 39.9 Å². The van der Waals surface area contributed by atoms with Crippen LogP contribution in [-0.4, -0.2) is 55.9 Å². The standard InChI is InChI=1S/C32H32ClN3O4S/c1-31-16-17-32(41-31)26(25(31)28(38)34-21-12-6-3-7-13-21)30(40)36(22(19-37)18-20-10-4-2-5-11-20)27(32)29(39)35-24-15-9-8-14-23(24)33/h2-15,22,25-27,37H,16-19H2,1H3,(H,34,38)(H,35,39)/t22-,25+,26+,27?,31-,32?/m1/s1. The number of amides is 3. The highest BCUT2D eigenvalue weighted by Crippen LogP contribution is 2.71. The van der Waals surface area contributed by atoms with Crippen molar-refractivity contribution in [3.63, 3.8) is 0 Å². The zero-order chi connectivity index (χ0) is 28.8. The predicted octanol–water partition coefficient (Wildman–Crippen LogP) is 5.00. The Morgan fingerprint density at radius 3 is 2.32 bits per heavy atom. The molecule has 0 saturated carbocycles. The second-order valence-corrected chi connectivity index (χ2v) is 13.6. The van der Waals surface area contributed by atoms with Crippen molar-refractivity contribution in [3.8, 4) is 0 Å². The summed E-state index contributed by atoms with van der Waals surface area (Å²) in [6.45, 7) is 1.72. The van der Waals surface area contributed by atoms with Crippen molar-refractivity contribution in [2.24, 2.45) is 11.8 Å². The van der Waals surface area contributed by atoms with Crippen LogP contribution in [0.2, 0.25) is 5.02 Å². The maximum atomic E-state index is 14.5. The van der Waals surface area contributed by atoms with E-state index >= 15 is 0 Å². The number of fused-ring (bicyclic) bond motifs is 1. The summed E-state index contributed by atoms with van der Waals surface area (Å²) in [5.74, 6) is -2.18. The van der Waals surface area contributed by atoms with Gasteiger partial charge in [0.15, 0.2) is 0 Å². The minimum atomic E-state index is -0.890. The molecule has 3 aliphatic rings. The lowest BCUT2D eigenvalue weighted by Gasteiger charge is -2.37. The number of benzene rings is 3. The van der Waals surface area contributed by atoms with Crippen molar-refractivity contribution >= 4 is 52.5 Å². The molecular formula is C32H32ClN3O4S. The summed E-state index contributed by atoms with van der Waals surface area (Å²) < 4.78 is -1.33. The van der Waals surface area contributed by atoms with E-state index in [0.717, 1.165) is 5.56 Å². The number of hydrogen-bond acceptors (Lipinski definition) is 5. The summed E-state index contributed by atoms with van der Waals surface area (Å²) in [6.07, 6.45) is 1.69. The molecule has 3 heterocycles. The van der Waals surface area contributed by atoms with E-state index in [1.807, 2.05) is 67.6 Å². The first-order valence-electron chi connectivity index (χ1n) is 13.9. The molecule has 1 spiro atoms. The van der Waals surface area contributed by atoms with Crippen molar-refractivity contribution in [2.45, 2.75) is 47.8 Å². The summed E-state index contributed by atoms with van der Waals surface area (Å²) in [7, 11) is 0. The third-order valence-electron chi connectivity index (χ3n) is 8.84. The van der Waals surface area contributed by atoms with E-state index in [4.69, 9.17) is 11.6 Å². The van der Waals surface area contributed by atoms with E-state index in [9.17, 15) is 19.5 Å². The predicted molar refractivity (Wildman–Crippen MR) is 162 cm³/mol. The van der Waals surface area contributed by atoms with Gasteiger partial charge < -0.3 is 20.6 Å². The van der Waals surface area contributed by atoms with Crippen LogP contribution in [0.4, 0.5) is 11.4 Å². The topological polar surface area (TPSA) is 98.7 Å². The van der Waals surface area contributed by atoms with Gasteiger partial charge in [-0.05, 0) is 56.0 Å². The number of carbonyl (C=O) groups excluding carboxylic acids is 3. The summed E-state index contributed by atoms with van der Waals surface area (Å²) in [4.78, 5) is 44.2. The molecule has 9 heteroatoms. The normalized spacial score (nSPS) is 28.8. The zero-order valence-corrected chi connectivity index (χ0v) is 24.2. The lowest BCUT2D eigenvalue weighted by molar-refractivity contribution is -0.141. The van der Waals surface area contributed by atoms with E-state index in [1.54, 1.807) is 40.9 Å². The highest BCUT2D eigenvalue weighted by atomic mass is 35.5. The molecule has 41 heavy (non-hydrogen) atoms. The third-order valence-corrected chi connectivity index (χ3v) is 11.2. The molecule has 2 bridgehead atoms. The van der Waals surface area contributed by atoms with Gasteiger partial charge in [-0.25, -0.2) is 0 Å². The number of aliphatic hydroxyl groups excluding tert-OH is 1. The third kappa shape index (κ3) is 4.72. The van der Waals surface area contributed by atoms with E-state index in [-0.39, 0.29) is 24.3 Å². The molecule has 3 aliphatic heterocycles. The molecule has 0 aromatic heterocycles. The molecule has 3 fully saturated rings. The van der Waals surface area contributed by atoms with Gasteiger partial charge >= 0.3 is 0 Å². The number of hydrogen-bond donors (Lipinski definition) is 3. The Hall–Kier alpha value is -3.33. The number of rotatable bonds is 8. The van der Waals surface area contributed by atoms with Gasteiger partial charge in [-0.2, -0.15) is 0 Å². The van der Waals surface area contributed by atoms with Crippen LogP contribution in [0, 0.1) is 11.8 Å². The van der Waals surface area contributed by atoms with Gasteiger partial charge in [-0.3, -0.25) is 14.4 Å². The Bertz CT molecular complexity index is 1470. The Morgan fingerprint density at radius 2 is 1.63 bits per heavy atom. The fourth-order valence-corrected chi connectivity index (χ4v) is 9.63. The molecule has 3 N–H and O–H groups in total. The van der Waals surface area contributed by atoms with Crippen molar-refractivity contribution in [1.82, 2.24) is 4.90 Å². The fourth-order valence-electron chi connectivity index (χ4n) is 7.10. The molecule has 3 saturated heterocycles. The number of likely N-dealkylation sites (tertiary alicyclic amines) is 1. The van der Waals surface area contributed by atoms with Gasteiger partial charge in [0.1, 0.15) is 6.04 Å². The molecule has 0 aliphatic carbocycles. The van der Waals surface area contributed by atoms with Crippen molar-refractivity contribution in [1.29, 1.82) is 0 Å². The largest absolute Gasteiger partial charge is 0.394 e. The van der Waals surface area contributed by atoms with E-state index in [0.29, 0.717) is 35.7 Å². The Balaban J connectivity index is 1.40. The van der Waals surface area contributed by atoms with Crippen LogP contribution >= 0.6 is 23.4 Å². The first-order valence-corrected chi connectivity index (χ1v) is 15.1. The van der Waals surface area contributed by atoms with Crippen LogP contribution < -0.4 is 10.6 Å². The highest BCUT2D eigenvalue weighted by molar-refractivity contribution is 8.02. The summed E-state index contributed by atoms with van der Waals surface area (Å²) in [6, 6.07) is 24.3. The molecule has 3 amide bonds. The van der Waals surface area contributed by atoms with E-state index in [1.165, 1.54) is 0 Å². The van der Waals surface area contributed by atoms with Gasteiger partial charge in [0.2, 0.25) is 17.7 Å². The minimum absolute atomic E-state index is 0.221. The van der Waals surface area contributed by atoms with Gasteiger partial charge in [-0.15, -0.1) is 11.8 Å². The fraction of sp³-hybridized carbons (Fsp3) is 0.344. The number of anilines is 2. The highest BCUT2D eigenvalue weighted by Gasteiger charge is 2.77. The lowest BCUT2D eigenvalue weighted by atomic mass is 9.66. The van der Waals surface area contributed by atoms with Crippen LogP contribution in [0.3, 0.4) is 0 Å². The molecule has 0 radical (unpaired) electrons. The molecule has 3 aromatic rings.